The Morgan fingerprint density at radius 2 is 0.595 bits per heavy atom. The minimum atomic E-state index is -0.665. The quantitative estimate of drug-likeness (QED) is 0.0320. The summed E-state index contributed by atoms with van der Waals surface area (Å²) in [4.78, 5) is 24.6. The van der Waals surface area contributed by atoms with Crippen LogP contribution >= 0.6 is 0 Å². The van der Waals surface area contributed by atoms with Gasteiger partial charge in [-0.15, -0.1) is 0 Å². The molecule has 0 aliphatic heterocycles. The van der Waals surface area contributed by atoms with E-state index in [1.54, 1.807) is 0 Å². The zero-order valence-corrected chi connectivity index (χ0v) is 56.9. The van der Waals surface area contributed by atoms with Gasteiger partial charge in [-0.25, -0.2) is 0 Å². The highest BCUT2D eigenvalue weighted by Gasteiger charge is 2.20. The third kappa shape index (κ3) is 69.2. The zero-order valence-electron chi connectivity index (χ0n) is 56.9. The molecule has 0 bridgehead atoms. The predicted molar refractivity (Wildman–Crippen MR) is 370 cm³/mol. The SMILES string of the molecule is CCCCCCC/C=C\CCCCCCCC(=O)OCCCCCCCCCCC/C=C\C/C=C\CCCCCCCCCCCCCCCCCC(=O)NC(CO)C(O)CCCCCCCCCCCCCCCCCCCCCCCC. The molecule has 0 aromatic heterocycles. The summed E-state index contributed by atoms with van der Waals surface area (Å²) in [5.74, 6) is -0.0244. The van der Waals surface area contributed by atoms with Crippen LogP contribution in [0.3, 0.4) is 0 Å². The highest BCUT2D eigenvalue weighted by molar-refractivity contribution is 5.76. The molecule has 2 unspecified atom stereocenters. The van der Waals surface area contributed by atoms with Crippen molar-refractivity contribution in [3.8, 4) is 0 Å². The largest absolute Gasteiger partial charge is 0.466 e. The number of rotatable bonds is 72. The number of hydrogen-bond acceptors (Lipinski definition) is 5. The molecule has 6 nitrogen and oxygen atoms in total. The summed E-state index contributed by atoms with van der Waals surface area (Å²) in [7, 11) is 0. The van der Waals surface area contributed by atoms with Gasteiger partial charge in [0.05, 0.1) is 25.4 Å². The van der Waals surface area contributed by atoms with E-state index in [4.69, 9.17) is 4.74 Å². The van der Waals surface area contributed by atoms with Gasteiger partial charge in [-0.2, -0.15) is 0 Å². The number of amides is 1. The summed E-state index contributed by atoms with van der Waals surface area (Å²) in [6.07, 6.45) is 95.0. The lowest BCUT2D eigenvalue weighted by atomic mass is 10.0. The number of carbonyl (C=O) groups excluding carboxylic acids is 2. The highest BCUT2D eigenvalue weighted by atomic mass is 16.5. The maximum atomic E-state index is 12.6. The van der Waals surface area contributed by atoms with Crippen LogP contribution in [0.15, 0.2) is 36.5 Å². The highest BCUT2D eigenvalue weighted by Crippen LogP contribution is 2.19. The molecule has 2 atom stereocenters. The maximum absolute atomic E-state index is 12.6. The van der Waals surface area contributed by atoms with E-state index in [2.05, 4.69) is 55.6 Å². The van der Waals surface area contributed by atoms with Gasteiger partial charge in [-0.1, -0.05) is 365 Å². The predicted octanol–water partition coefficient (Wildman–Crippen LogP) is 25.0. The van der Waals surface area contributed by atoms with Gasteiger partial charge in [0.1, 0.15) is 0 Å². The van der Waals surface area contributed by atoms with Crippen molar-refractivity contribution >= 4 is 11.9 Å². The van der Waals surface area contributed by atoms with Crippen LogP contribution in [0.5, 0.6) is 0 Å². The van der Waals surface area contributed by atoms with Crippen LogP contribution in [-0.2, 0) is 14.3 Å². The van der Waals surface area contributed by atoms with Gasteiger partial charge < -0.3 is 20.3 Å². The van der Waals surface area contributed by atoms with Crippen LogP contribution in [0.1, 0.15) is 425 Å². The number of carbonyl (C=O) groups is 2. The Kier molecular flexibility index (Phi) is 71.9. The van der Waals surface area contributed by atoms with E-state index in [1.165, 1.54) is 340 Å². The average molecular weight is 1180 g/mol. The van der Waals surface area contributed by atoms with Crippen LogP contribution in [0, 0.1) is 0 Å². The Bertz CT molecular complexity index is 1360. The fourth-order valence-electron chi connectivity index (χ4n) is 12.1. The Morgan fingerprint density at radius 3 is 0.917 bits per heavy atom. The van der Waals surface area contributed by atoms with E-state index in [1.807, 2.05) is 0 Å². The van der Waals surface area contributed by atoms with E-state index >= 15 is 0 Å². The lowest BCUT2D eigenvalue weighted by molar-refractivity contribution is -0.143. The Balaban J connectivity index is 3.39. The van der Waals surface area contributed by atoms with Crippen molar-refractivity contribution < 1.29 is 24.5 Å². The monoisotopic (exact) mass is 1180 g/mol. The molecule has 0 radical (unpaired) electrons. The zero-order chi connectivity index (χ0) is 60.6. The summed E-state index contributed by atoms with van der Waals surface area (Å²) in [5.41, 5.74) is 0. The number of aliphatic hydroxyl groups is 2. The molecule has 0 spiro atoms. The first-order chi connectivity index (χ1) is 41.5. The second kappa shape index (κ2) is 73.5. The van der Waals surface area contributed by atoms with Gasteiger partial charge >= 0.3 is 5.97 Å². The first-order valence-corrected chi connectivity index (χ1v) is 38.2. The molecule has 0 saturated carbocycles. The molecule has 84 heavy (non-hydrogen) atoms. The van der Waals surface area contributed by atoms with E-state index in [9.17, 15) is 19.8 Å². The molecule has 0 heterocycles. The van der Waals surface area contributed by atoms with Crippen LogP contribution in [-0.4, -0.2) is 47.4 Å². The average Bonchev–Trinajstić information content (AvgIpc) is 3.51. The molecule has 6 heteroatoms. The minimum Gasteiger partial charge on any atom is -0.466 e. The normalized spacial score (nSPS) is 12.7. The lowest BCUT2D eigenvalue weighted by Crippen LogP contribution is -2.45. The van der Waals surface area contributed by atoms with Gasteiger partial charge in [0.2, 0.25) is 5.91 Å². The lowest BCUT2D eigenvalue weighted by Gasteiger charge is -2.22. The van der Waals surface area contributed by atoms with Gasteiger partial charge in [0.25, 0.3) is 0 Å². The van der Waals surface area contributed by atoms with Crippen molar-refractivity contribution in [1.29, 1.82) is 0 Å². The van der Waals surface area contributed by atoms with E-state index < -0.39 is 12.1 Å². The molecule has 0 aliphatic rings. The second-order valence-electron chi connectivity index (χ2n) is 26.3. The summed E-state index contributed by atoms with van der Waals surface area (Å²) in [6, 6.07) is -0.543. The molecule has 0 aliphatic carbocycles. The number of aliphatic hydroxyl groups excluding tert-OH is 2. The number of ether oxygens (including phenoxy) is 1. The van der Waals surface area contributed by atoms with Crippen molar-refractivity contribution in [2.75, 3.05) is 13.2 Å². The molecule has 0 rings (SSSR count). The molecule has 0 aromatic rings. The molecular weight excluding hydrogens is 1030 g/mol. The molecule has 0 saturated heterocycles. The van der Waals surface area contributed by atoms with Crippen molar-refractivity contribution in [2.24, 2.45) is 0 Å². The van der Waals surface area contributed by atoms with Crippen LogP contribution < -0.4 is 5.32 Å². The summed E-state index contributed by atoms with van der Waals surface area (Å²) < 4.78 is 5.48. The van der Waals surface area contributed by atoms with E-state index in [0.29, 0.717) is 25.9 Å². The summed E-state index contributed by atoms with van der Waals surface area (Å²) in [5, 5.41) is 23.5. The third-order valence-electron chi connectivity index (χ3n) is 17.9. The molecule has 0 fully saturated rings. The summed E-state index contributed by atoms with van der Waals surface area (Å²) >= 11 is 0. The number of unbranched alkanes of at least 4 members (excludes halogenated alkanes) is 55. The van der Waals surface area contributed by atoms with Crippen molar-refractivity contribution in [3.05, 3.63) is 36.5 Å². The molecule has 1 amide bonds. The van der Waals surface area contributed by atoms with Gasteiger partial charge in [0.15, 0.2) is 0 Å². The number of esters is 1. The maximum Gasteiger partial charge on any atom is 0.305 e. The van der Waals surface area contributed by atoms with Crippen molar-refractivity contribution in [2.45, 2.75) is 437 Å². The van der Waals surface area contributed by atoms with Gasteiger partial charge in [0, 0.05) is 12.8 Å². The van der Waals surface area contributed by atoms with E-state index in [-0.39, 0.29) is 18.5 Å². The Labute approximate surface area is 525 Å². The minimum absolute atomic E-state index is 0.00525. The van der Waals surface area contributed by atoms with E-state index in [0.717, 1.165) is 51.4 Å². The van der Waals surface area contributed by atoms with Crippen LogP contribution in [0.25, 0.3) is 0 Å². The fraction of sp³-hybridized carbons (Fsp3) is 0.897. The van der Waals surface area contributed by atoms with Crippen molar-refractivity contribution in [1.82, 2.24) is 5.32 Å². The van der Waals surface area contributed by atoms with Crippen molar-refractivity contribution in [3.63, 3.8) is 0 Å². The number of allylic oxidation sites excluding steroid dienone is 6. The topological polar surface area (TPSA) is 95.9 Å². The number of hydrogen-bond donors (Lipinski definition) is 3. The molecule has 3 N–H and O–H groups in total. The van der Waals surface area contributed by atoms with Crippen LogP contribution in [0.4, 0.5) is 0 Å². The van der Waals surface area contributed by atoms with Gasteiger partial charge in [-0.3, -0.25) is 9.59 Å². The molecular formula is C78H149NO5. The third-order valence-corrected chi connectivity index (χ3v) is 17.9. The molecule has 496 valence electrons. The van der Waals surface area contributed by atoms with Gasteiger partial charge in [-0.05, 0) is 83.5 Å². The van der Waals surface area contributed by atoms with Crippen LogP contribution in [0.2, 0.25) is 0 Å². The Morgan fingerprint density at radius 1 is 0.333 bits per heavy atom. The number of nitrogens with one attached hydrogen (secondary N) is 1. The first-order valence-electron chi connectivity index (χ1n) is 38.2. The summed E-state index contributed by atoms with van der Waals surface area (Å²) in [6.45, 7) is 4.98. The second-order valence-corrected chi connectivity index (χ2v) is 26.3. The fourth-order valence-corrected chi connectivity index (χ4v) is 12.1. The molecule has 0 aromatic carbocycles. The Hall–Kier alpha value is -1.92. The smallest absolute Gasteiger partial charge is 0.305 e. The standard InChI is InChI=1S/C78H149NO5/c1-3-5-7-9-11-13-15-17-19-20-21-22-34-37-40-43-46-50-54-58-62-66-70-76(81)75(74-80)79-77(82)71-67-63-59-55-51-47-44-41-38-35-32-30-28-26-24-23-25-27-29-31-33-36-39-42-45-49-53-57-61-65-69-73-84-78(83)72-68-64-60-56-52-48-18-16-14-12-10-8-6-4-2/h16,18,25,27,31,33,75-76,80-81H,3-15,17,19-24,26,28-30,32,34-74H2,1-2H3,(H,79,82)/b18-16-,27-25-,33-31-. The first kappa shape index (κ1) is 82.1.